The predicted molar refractivity (Wildman–Crippen MR) is 43.6 cm³/mol. The maximum atomic E-state index is 12.4. The second-order valence-electron chi connectivity index (χ2n) is 2.87. The normalized spacial score (nSPS) is 12.0. The molecule has 0 spiro atoms. The molecule has 0 fully saturated rings. The third kappa shape index (κ3) is 1.69. The molecule has 0 bridgehead atoms. The average molecular weight is 217 g/mol. The van der Waals surface area contributed by atoms with Crippen LogP contribution in [0.5, 0.6) is 0 Å². The van der Waals surface area contributed by atoms with E-state index in [0.717, 1.165) is 0 Å². The number of aromatic nitrogens is 5. The quantitative estimate of drug-likeness (QED) is 0.781. The van der Waals surface area contributed by atoms with Crippen molar-refractivity contribution in [1.82, 2.24) is 25.0 Å². The third-order valence-corrected chi connectivity index (χ3v) is 1.77. The van der Waals surface area contributed by atoms with Gasteiger partial charge in [-0.15, -0.1) is 0 Å². The summed E-state index contributed by atoms with van der Waals surface area (Å²) in [5, 5.41) is 9.72. The van der Waals surface area contributed by atoms with E-state index in [1.807, 2.05) is 0 Å². The van der Waals surface area contributed by atoms with Gasteiger partial charge < -0.3 is 0 Å². The van der Waals surface area contributed by atoms with Crippen LogP contribution in [0.1, 0.15) is 5.82 Å². The molecule has 2 aromatic rings. The summed E-state index contributed by atoms with van der Waals surface area (Å²) >= 11 is 0. The molecule has 15 heavy (non-hydrogen) atoms. The molecular formula is C7H6F3N5. The van der Waals surface area contributed by atoms with Gasteiger partial charge in [-0.3, -0.25) is 5.10 Å². The minimum Gasteiger partial charge on any atom is -0.285 e. The molecule has 2 rings (SSSR count). The summed E-state index contributed by atoms with van der Waals surface area (Å²) in [6, 6.07) is 0. The number of alkyl halides is 3. The van der Waals surface area contributed by atoms with Crippen LogP contribution in [0, 0.1) is 0 Å². The van der Waals surface area contributed by atoms with Crippen molar-refractivity contribution in [2.24, 2.45) is 7.05 Å². The van der Waals surface area contributed by atoms with Gasteiger partial charge >= 0.3 is 6.18 Å². The topological polar surface area (TPSA) is 59.4 Å². The highest BCUT2D eigenvalue weighted by Crippen LogP contribution is 2.28. The highest BCUT2D eigenvalue weighted by molar-refractivity contribution is 5.51. The summed E-state index contributed by atoms with van der Waals surface area (Å²) in [6.45, 7) is 0. The molecule has 0 unspecified atom stereocenters. The van der Waals surface area contributed by atoms with Crippen molar-refractivity contribution in [3.8, 4) is 11.4 Å². The molecule has 0 amide bonds. The zero-order valence-corrected chi connectivity index (χ0v) is 7.58. The first-order chi connectivity index (χ1) is 6.98. The van der Waals surface area contributed by atoms with Crippen molar-refractivity contribution in [3.05, 3.63) is 18.2 Å². The van der Waals surface area contributed by atoms with Crippen LogP contribution in [0.15, 0.2) is 12.4 Å². The molecule has 0 saturated carbocycles. The third-order valence-electron chi connectivity index (χ3n) is 1.77. The van der Waals surface area contributed by atoms with Crippen molar-refractivity contribution >= 4 is 0 Å². The van der Waals surface area contributed by atoms with E-state index in [2.05, 4.69) is 20.3 Å². The maximum Gasteiger partial charge on any atom is 0.451 e. The molecule has 5 nitrogen and oxygen atoms in total. The van der Waals surface area contributed by atoms with Gasteiger partial charge in [0.1, 0.15) is 0 Å². The lowest BCUT2D eigenvalue weighted by atomic mass is 10.3. The van der Waals surface area contributed by atoms with Crippen molar-refractivity contribution in [2.75, 3.05) is 0 Å². The summed E-state index contributed by atoms with van der Waals surface area (Å²) in [6.07, 6.45) is -1.71. The van der Waals surface area contributed by atoms with Gasteiger partial charge in [-0.1, -0.05) is 0 Å². The Morgan fingerprint density at radius 1 is 1.40 bits per heavy atom. The van der Waals surface area contributed by atoms with E-state index in [9.17, 15) is 13.2 Å². The molecule has 8 heteroatoms. The number of hydrogen-bond donors (Lipinski definition) is 1. The first kappa shape index (κ1) is 9.69. The van der Waals surface area contributed by atoms with E-state index in [0.29, 0.717) is 10.2 Å². The SMILES string of the molecule is Cn1nc(-c2cn[nH]c2)nc1C(F)(F)F. The first-order valence-corrected chi connectivity index (χ1v) is 3.96. The van der Waals surface area contributed by atoms with Gasteiger partial charge in [0.2, 0.25) is 5.82 Å². The van der Waals surface area contributed by atoms with Gasteiger partial charge in [0.05, 0.1) is 11.8 Å². The first-order valence-electron chi connectivity index (χ1n) is 3.96. The molecule has 1 N–H and O–H groups in total. The van der Waals surface area contributed by atoms with E-state index in [-0.39, 0.29) is 5.82 Å². The van der Waals surface area contributed by atoms with Crippen LogP contribution in [0.2, 0.25) is 0 Å². The minimum atomic E-state index is -4.50. The Balaban J connectivity index is 2.47. The van der Waals surface area contributed by atoms with E-state index >= 15 is 0 Å². The van der Waals surface area contributed by atoms with Crippen LogP contribution in [0.4, 0.5) is 13.2 Å². The zero-order valence-electron chi connectivity index (χ0n) is 7.58. The Morgan fingerprint density at radius 2 is 2.13 bits per heavy atom. The van der Waals surface area contributed by atoms with Crippen molar-refractivity contribution in [2.45, 2.75) is 6.18 Å². The average Bonchev–Trinajstić information content (AvgIpc) is 2.68. The van der Waals surface area contributed by atoms with Gasteiger partial charge in [0, 0.05) is 13.2 Å². The molecule has 0 aliphatic rings. The van der Waals surface area contributed by atoms with Crippen LogP contribution in [-0.2, 0) is 13.2 Å². The second-order valence-corrected chi connectivity index (χ2v) is 2.87. The van der Waals surface area contributed by atoms with Crippen LogP contribution < -0.4 is 0 Å². The molecule has 0 radical (unpaired) electrons. The maximum absolute atomic E-state index is 12.4. The van der Waals surface area contributed by atoms with Gasteiger partial charge in [-0.05, 0) is 0 Å². The molecule has 0 atom stereocenters. The van der Waals surface area contributed by atoms with Gasteiger partial charge in [-0.2, -0.15) is 23.4 Å². The predicted octanol–water partition coefficient (Wildman–Crippen LogP) is 1.22. The fraction of sp³-hybridized carbons (Fsp3) is 0.286. The summed E-state index contributed by atoms with van der Waals surface area (Å²) in [5.74, 6) is -1.03. The summed E-state index contributed by atoms with van der Waals surface area (Å²) in [4.78, 5) is 3.39. The summed E-state index contributed by atoms with van der Waals surface area (Å²) in [7, 11) is 1.19. The van der Waals surface area contributed by atoms with Crippen molar-refractivity contribution in [3.63, 3.8) is 0 Å². The Bertz CT molecular complexity index is 455. The Labute approximate surface area is 81.9 Å². The highest BCUT2D eigenvalue weighted by Gasteiger charge is 2.37. The standard InChI is InChI=1S/C7H6F3N5/c1-15-6(7(8,9)10)13-5(14-15)4-2-11-12-3-4/h2-3H,1H3,(H,11,12). The molecule has 80 valence electrons. The number of halogens is 3. The zero-order chi connectivity index (χ0) is 11.1. The monoisotopic (exact) mass is 217 g/mol. The lowest BCUT2D eigenvalue weighted by molar-refractivity contribution is -0.147. The molecule has 2 heterocycles. The van der Waals surface area contributed by atoms with Gasteiger partial charge in [0.25, 0.3) is 0 Å². The number of nitrogens with zero attached hydrogens (tertiary/aromatic N) is 4. The van der Waals surface area contributed by atoms with Gasteiger partial charge in [-0.25, -0.2) is 9.67 Å². The fourth-order valence-electron chi connectivity index (χ4n) is 1.13. The largest absolute Gasteiger partial charge is 0.451 e. The van der Waals surface area contributed by atoms with Crippen LogP contribution in [-0.4, -0.2) is 25.0 Å². The van der Waals surface area contributed by atoms with E-state index in [4.69, 9.17) is 0 Å². The number of aryl methyl sites for hydroxylation is 1. The Morgan fingerprint density at radius 3 is 2.60 bits per heavy atom. The van der Waals surface area contributed by atoms with Crippen LogP contribution in [0.25, 0.3) is 11.4 Å². The molecule has 0 aliphatic carbocycles. The Hall–Kier alpha value is -1.86. The van der Waals surface area contributed by atoms with E-state index < -0.39 is 12.0 Å². The van der Waals surface area contributed by atoms with Crippen LogP contribution >= 0.6 is 0 Å². The minimum absolute atomic E-state index is 0.00132. The molecule has 0 aliphatic heterocycles. The summed E-state index contributed by atoms with van der Waals surface area (Å²) in [5.41, 5.74) is 0.418. The fourth-order valence-corrected chi connectivity index (χ4v) is 1.13. The smallest absolute Gasteiger partial charge is 0.285 e. The van der Waals surface area contributed by atoms with Crippen molar-refractivity contribution in [1.29, 1.82) is 0 Å². The highest BCUT2D eigenvalue weighted by atomic mass is 19.4. The molecule has 0 saturated heterocycles. The lowest BCUT2D eigenvalue weighted by Gasteiger charge is -2.02. The molecule has 0 aromatic carbocycles. The lowest BCUT2D eigenvalue weighted by Crippen LogP contribution is -2.13. The second kappa shape index (κ2) is 3.07. The van der Waals surface area contributed by atoms with Crippen LogP contribution in [0.3, 0.4) is 0 Å². The van der Waals surface area contributed by atoms with Crippen molar-refractivity contribution < 1.29 is 13.2 Å². The Kier molecular flexibility index (Phi) is 1.98. The van der Waals surface area contributed by atoms with E-state index in [1.165, 1.54) is 19.4 Å². The summed E-state index contributed by atoms with van der Waals surface area (Å²) < 4.78 is 37.8. The number of H-pyrrole nitrogens is 1. The molecular weight excluding hydrogens is 211 g/mol. The van der Waals surface area contributed by atoms with Gasteiger partial charge in [0.15, 0.2) is 5.82 Å². The number of rotatable bonds is 1. The number of nitrogens with one attached hydrogen (secondary N) is 1. The number of hydrogen-bond acceptors (Lipinski definition) is 3. The molecule has 2 aromatic heterocycles. The van der Waals surface area contributed by atoms with E-state index in [1.54, 1.807) is 0 Å². The number of aromatic amines is 1.